The number of carbonyl (C=O) groups is 4. The van der Waals surface area contributed by atoms with Crippen LogP contribution in [-0.2, 0) is 44.6 Å². The van der Waals surface area contributed by atoms with Crippen molar-refractivity contribution in [3.63, 3.8) is 0 Å². The van der Waals surface area contributed by atoms with Gasteiger partial charge in [0.25, 0.3) is 5.67 Å². The average molecular weight is 901 g/mol. The summed E-state index contributed by atoms with van der Waals surface area (Å²) in [6.45, 7) is 12.7. The fourth-order valence-electron chi connectivity index (χ4n) is 8.88. The third kappa shape index (κ3) is 10.9. The number of aliphatic hydroxyl groups excluding tert-OH is 1. The van der Waals surface area contributed by atoms with Crippen molar-refractivity contribution >= 4 is 47.1 Å². The summed E-state index contributed by atoms with van der Waals surface area (Å²) in [7, 11) is 5.03. The Balaban J connectivity index is 0.00000265. The highest BCUT2D eigenvalue weighted by Crippen LogP contribution is 2.43. The molecule has 0 spiro atoms. The number of Topliss-reactive ketones (excluding diaryl/α,β-unsaturated/α-hetero) is 2. The van der Waals surface area contributed by atoms with Crippen molar-refractivity contribution in [2.45, 2.75) is 141 Å². The Kier molecular flexibility index (Phi) is 17.2. The summed E-state index contributed by atoms with van der Waals surface area (Å²) in [6.07, 6.45) is 2.79. The second-order valence-electron chi connectivity index (χ2n) is 16.8. The van der Waals surface area contributed by atoms with Gasteiger partial charge in [-0.25, -0.2) is 23.6 Å². The molecule has 1 N–H and O–H groups in total. The first-order chi connectivity index (χ1) is 28.6. The molecular weight excluding hydrogens is 839 g/mol. The predicted octanol–water partition coefficient (Wildman–Crippen LogP) is 5.49. The van der Waals surface area contributed by atoms with Gasteiger partial charge in [-0.2, -0.15) is 3.89 Å². The molecule has 3 aliphatic rings. The number of alkyl halides is 1. The molecule has 3 aliphatic heterocycles. The first-order valence-corrected chi connectivity index (χ1v) is 22.4. The number of allylic oxidation sites excluding steroid dienone is 1. The number of fused-ring (bicyclic) bond motifs is 1. The minimum Gasteiger partial charge on any atom is -0.455 e. The molecule has 2 aromatic rings. The lowest BCUT2D eigenvalue weighted by molar-refractivity contribution is -0.295. The number of amides is 1. The molecule has 3 unspecified atom stereocenters. The van der Waals surface area contributed by atoms with E-state index in [0.29, 0.717) is 18.7 Å². The van der Waals surface area contributed by atoms with Crippen molar-refractivity contribution in [1.29, 1.82) is 0 Å². The zero-order valence-electron chi connectivity index (χ0n) is 37.1. The molecular formula is C41H62F2N6O10S2. The molecule has 2 aromatic heterocycles. The van der Waals surface area contributed by atoms with E-state index in [2.05, 4.69) is 15.3 Å². The first-order valence-electron chi connectivity index (χ1n) is 20.4. The van der Waals surface area contributed by atoms with E-state index in [4.69, 9.17) is 23.7 Å². The number of aliphatic hydroxyl groups is 1. The van der Waals surface area contributed by atoms with Gasteiger partial charge in [-0.15, -0.1) is 16.4 Å². The number of hydrogen-bond donors (Lipinski definition) is 1. The van der Waals surface area contributed by atoms with E-state index in [9.17, 15) is 28.2 Å². The summed E-state index contributed by atoms with van der Waals surface area (Å²) in [5.41, 5.74) is -5.66. The molecule has 16 nitrogen and oxygen atoms in total. The molecule has 5 heterocycles. The van der Waals surface area contributed by atoms with E-state index in [1.807, 2.05) is 31.3 Å². The van der Waals surface area contributed by atoms with E-state index in [1.54, 1.807) is 63.8 Å². The minimum absolute atomic E-state index is 0.0160. The van der Waals surface area contributed by atoms with E-state index in [0.717, 1.165) is 11.9 Å². The van der Waals surface area contributed by atoms with Crippen LogP contribution in [0.25, 0.3) is 10.7 Å². The molecule has 13 atom stereocenters. The summed E-state index contributed by atoms with van der Waals surface area (Å²) in [5, 5.41) is 22.3. The van der Waals surface area contributed by atoms with Crippen LogP contribution in [0.4, 0.5) is 13.1 Å². The van der Waals surface area contributed by atoms with Crippen molar-refractivity contribution in [2.75, 3.05) is 34.0 Å². The van der Waals surface area contributed by atoms with Gasteiger partial charge in [-0.3, -0.25) is 14.5 Å². The van der Waals surface area contributed by atoms with E-state index in [1.165, 1.54) is 36.5 Å². The summed E-state index contributed by atoms with van der Waals surface area (Å²) in [5.74, 6) is -5.92. The molecule has 20 heteroatoms. The Bertz CT molecular complexity index is 1840. The second kappa shape index (κ2) is 20.9. The topological polar surface area (TPSA) is 185 Å². The molecule has 342 valence electrons. The molecule has 0 bridgehead atoms. The minimum atomic E-state index is -3.19. The monoisotopic (exact) mass is 900 g/mol. The lowest BCUT2D eigenvalue weighted by Crippen LogP contribution is -2.61. The zero-order chi connectivity index (χ0) is 45.6. The van der Waals surface area contributed by atoms with Gasteiger partial charge in [0.05, 0.1) is 36.6 Å². The number of esters is 1. The van der Waals surface area contributed by atoms with E-state index < -0.39 is 83.1 Å². The third-order valence-electron chi connectivity index (χ3n) is 12.1. The van der Waals surface area contributed by atoms with Gasteiger partial charge in [0.1, 0.15) is 28.7 Å². The van der Waals surface area contributed by atoms with Crippen LogP contribution in [0.15, 0.2) is 29.9 Å². The maximum Gasteiger partial charge on any atom is 0.411 e. The molecule has 61 heavy (non-hydrogen) atoms. The number of cyclic esters (lactones) is 1. The van der Waals surface area contributed by atoms with E-state index in [-0.39, 0.29) is 49.5 Å². The van der Waals surface area contributed by atoms with Crippen LogP contribution in [0.2, 0.25) is 0 Å². The number of thiazole rings is 1. The van der Waals surface area contributed by atoms with Crippen LogP contribution in [0.1, 0.15) is 74.7 Å². The highest BCUT2D eigenvalue weighted by Gasteiger charge is 2.61. The molecule has 0 saturated carbocycles. The Labute approximate surface area is 365 Å². The first kappa shape index (κ1) is 50.2. The second-order valence-corrected chi connectivity index (χ2v) is 18.0. The normalized spacial score (nSPS) is 36.6. The fourth-order valence-corrected chi connectivity index (χ4v) is 9.46. The van der Waals surface area contributed by atoms with Crippen molar-refractivity contribution in [2.24, 2.45) is 17.8 Å². The van der Waals surface area contributed by atoms with Gasteiger partial charge in [-0.05, 0) is 61.1 Å². The van der Waals surface area contributed by atoms with Crippen molar-refractivity contribution in [1.82, 2.24) is 29.8 Å². The fraction of sp³-hybridized carbons (Fsp3) is 0.732. The number of halogens is 2. The Hall–Kier alpha value is -3.40. The number of ether oxygens (including phenoxy) is 5. The van der Waals surface area contributed by atoms with Gasteiger partial charge in [0, 0.05) is 67.4 Å². The van der Waals surface area contributed by atoms with Gasteiger partial charge in [0.15, 0.2) is 17.7 Å². The lowest BCUT2D eigenvalue weighted by atomic mass is 9.73. The smallest absolute Gasteiger partial charge is 0.411 e. The summed E-state index contributed by atoms with van der Waals surface area (Å²) < 4.78 is 59.1. The number of hydrogen-bond acceptors (Lipinski definition) is 16. The van der Waals surface area contributed by atoms with Crippen LogP contribution in [0.3, 0.4) is 0 Å². The van der Waals surface area contributed by atoms with Crippen molar-refractivity contribution in [3.8, 4) is 10.7 Å². The largest absolute Gasteiger partial charge is 0.455 e. The molecule has 1 amide bonds. The lowest BCUT2D eigenvalue weighted by Gasteiger charge is -2.47. The Morgan fingerprint density at radius 1 is 1.10 bits per heavy atom. The molecule has 3 fully saturated rings. The van der Waals surface area contributed by atoms with Gasteiger partial charge >= 0.3 is 12.1 Å². The number of methoxy groups -OCH3 is 1. The van der Waals surface area contributed by atoms with Crippen LogP contribution < -0.4 is 0 Å². The Morgan fingerprint density at radius 3 is 2.34 bits per heavy atom. The SMILES string of the molecule is CC[C@H]1OC(=O)[C@@](C)(F)C(=O)[C@H](C)[C@@H](O[C@@H]2OC(C)CC(N(C)C)C2O)[C@](C)(OC)C[C@@H](C)C(=O)[C@H](C)[C@H]2N(C/C=C/Cn3cc(-c4nccs4)nn3)C(=O)O[C@]12C.CSF. The highest BCUT2D eigenvalue weighted by atomic mass is 32.2. The number of ketones is 2. The maximum atomic E-state index is 16.9. The van der Waals surface area contributed by atoms with Gasteiger partial charge in [0.2, 0.25) is 0 Å². The van der Waals surface area contributed by atoms with Crippen LogP contribution >= 0.6 is 23.5 Å². The summed E-state index contributed by atoms with van der Waals surface area (Å²) in [6, 6.07) is -1.35. The van der Waals surface area contributed by atoms with Crippen molar-refractivity contribution < 1.29 is 56.2 Å². The molecule has 0 aliphatic carbocycles. The molecule has 0 aromatic carbocycles. The van der Waals surface area contributed by atoms with E-state index >= 15 is 4.39 Å². The van der Waals surface area contributed by atoms with Crippen LogP contribution in [0, 0.1) is 17.8 Å². The maximum absolute atomic E-state index is 16.9. The molecule has 3 saturated heterocycles. The summed E-state index contributed by atoms with van der Waals surface area (Å²) >= 11 is 1.69. The van der Waals surface area contributed by atoms with Gasteiger partial charge in [-0.1, -0.05) is 45.1 Å². The number of likely N-dealkylation sites (N-methyl/N-ethyl adjacent to an activating group) is 1. The highest BCUT2D eigenvalue weighted by molar-refractivity contribution is 7.93. The number of aromatic nitrogens is 4. The third-order valence-corrected chi connectivity index (χ3v) is 12.9. The quantitative estimate of drug-likeness (QED) is 0.179. The number of nitrogens with zero attached hydrogens (tertiary/aromatic N) is 6. The number of rotatable bonds is 10. The number of carbonyl (C=O) groups excluding carboxylic acids is 4. The Morgan fingerprint density at radius 2 is 1.75 bits per heavy atom. The zero-order valence-corrected chi connectivity index (χ0v) is 38.7. The molecule has 0 radical (unpaired) electrons. The van der Waals surface area contributed by atoms with Crippen molar-refractivity contribution in [3.05, 3.63) is 29.9 Å². The van der Waals surface area contributed by atoms with Crippen LogP contribution in [0.5, 0.6) is 0 Å². The van der Waals surface area contributed by atoms with Crippen LogP contribution in [-0.4, -0.2) is 152 Å². The summed E-state index contributed by atoms with van der Waals surface area (Å²) in [4.78, 5) is 64.0. The average Bonchev–Trinajstić information content (AvgIpc) is 3.97. The standard InChI is InChI=1S/C40H59FN6O10S.CH3FS/c1-12-28-40(8)31(47(37(52)57-40)17-14-13-16-46-21-26(43-44-46)34-42-15-18-58-34)24(4)29(48)22(2)20-38(6,53-11)33(25(5)32(50)39(7,41)36(51)55-28)56-35-30(49)27(45(9)10)19-23(3)54-35;1-3-2/h13-15,18,21-25,27-28,30-31,33,35,49H,12,16-17,19-20H2,1-11H3;1H3/b14-13+;/t22-,23?,24+,25+,27?,28-,30?,31-,33-,35+,38-,39+,40-;/m1./s1. The molecule has 5 rings (SSSR count). The predicted molar refractivity (Wildman–Crippen MR) is 225 cm³/mol. The van der Waals surface area contributed by atoms with Gasteiger partial charge < -0.3 is 33.7 Å².